The highest BCUT2D eigenvalue weighted by atomic mass is 127. The molecule has 0 atom stereocenters. The molecule has 16 heavy (non-hydrogen) atoms. The first-order chi connectivity index (χ1) is 7.72. The largest absolute Gasteiger partial charge is 0.360 e. The highest BCUT2D eigenvalue weighted by Crippen LogP contribution is 2.28. The Hall–Kier alpha value is -0.550. The van der Waals surface area contributed by atoms with Gasteiger partial charge in [0.1, 0.15) is 5.69 Å². The maximum absolute atomic E-state index is 5.85. The Morgan fingerprint density at radius 1 is 1.31 bits per heavy atom. The van der Waals surface area contributed by atoms with E-state index in [1.165, 1.54) is 0 Å². The van der Waals surface area contributed by atoms with Gasteiger partial charge in [0.25, 0.3) is 0 Å². The lowest BCUT2D eigenvalue weighted by molar-refractivity contribution is 0.383. The van der Waals surface area contributed by atoms with E-state index < -0.39 is 0 Å². The molecule has 1 aromatic heterocycles. The lowest BCUT2D eigenvalue weighted by Gasteiger charge is -1.97. The summed E-state index contributed by atoms with van der Waals surface area (Å²) >= 11 is 8.13. The van der Waals surface area contributed by atoms with E-state index in [1.54, 1.807) is 0 Å². The van der Waals surface area contributed by atoms with Gasteiger partial charge in [-0.05, 0) is 41.1 Å². The number of hydrogen-bond acceptors (Lipinski definition) is 2. The minimum Gasteiger partial charge on any atom is -0.360 e. The third kappa shape index (κ3) is 2.40. The first kappa shape index (κ1) is 11.9. The zero-order valence-corrected chi connectivity index (χ0v) is 11.7. The number of halogens is 2. The molecule has 0 radical (unpaired) electrons. The lowest BCUT2D eigenvalue weighted by atomic mass is 10.1. The van der Waals surface area contributed by atoms with Crippen molar-refractivity contribution >= 4 is 34.2 Å². The van der Waals surface area contributed by atoms with Crippen molar-refractivity contribution in [2.45, 2.75) is 19.8 Å². The lowest BCUT2D eigenvalue weighted by Crippen LogP contribution is -1.84. The summed E-state index contributed by atoms with van der Waals surface area (Å²) in [6.07, 6.45) is 1.99. The molecule has 2 aromatic rings. The van der Waals surface area contributed by atoms with E-state index in [1.807, 2.05) is 24.3 Å². The van der Waals surface area contributed by atoms with Crippen LogP contribution in [0.15, 0.2) is 28.8 Å². The van der Waals surface area contributed by atoms with Gasteiger partial charge in [-0.3, -0.25) is 0 Å². The summed E-state index contributed by atoms with van der Waals surface area (Å²) in [5.41, 5.74) is 1.95. The third-order valence-corrected chi connectivity index (χ3v) is 3.66. The van der Waals surface area contributed by atoms with Gasteiger partial charge in [0, 0.05) is 17.0 Å². The van der Waals surface area contributed by atoms with E-state index in [-0.39, 0.29) is 0 Å². The van der Waals surface area contributed by atoms with Crippen molar-refractivity contribution in [2.75, 3.05) is 0 Å². The van der Waals surface area contributed by atoms with Crippen molar-refractivity contribution in [3.05, 3.63) is 38.6 Å². The summed E-state index contributed by atoms with van der Waals surface area (Å²) in [5, 5.41) is 4.84. The number of aromatic nitrogens is 1. The summed E-state index contributed by atoms with van der Waals surface area (Å²) in [4.78, 5) is 0. The quantitative estimate of drug-likeness (QED) is 0.761. The van der Waals surface area contributed by atoms with Crippen LogP contribution in [0, 0.1) is 3.57 Å². The van der Waals surface area contributed by atoms with Gasteiger partial charge in [0.2, 0.25) is 0 Å². The minimum absolute atomic E-state index is 0.732. The van der Waals surface area contributed by atoms with Gasteiger partial charge in [0.15, 0.2) is 5.76 Å². The van der Waals surface area contributed by atoms with Crippen molar-refractivity contribution in [1.29, 1.82) is 0 Å². The fourth-order valence-corrected chi connectivity index (χ4v) is 2.39. The van der Waals surface area contributed by atoms with Crippen LogP contribution >= 0.6 is 34.2 Å². The molecule has 2 rings (SSSR count). The fraction of sp³-hybridized carbons (Fsp3) is 0.250. The van der Waals surface area contributed by atoms with Crippen molar-refractivity contribution in [3.8, 4) is 11.3 Å². The predicted octanol–water partition coefficient (Wildman–Crippen LogP) is 4.55. The second-order valence-electron chi connectivity index (χ2n) is 3.53. The smallest absolute Gasteiger partial charge is 0.150 e. The zero-order chi connectivity index (χ0) is 11.5. The SMILES string of the molecule is CCCc1onc(-c2ccc(Cl)cc2)c1I. The predicted molar refractivity (Wildman–Crippen MR) is 73.7 cm³/mol. The summed E-state index contributed by atoms with van der Waals surface area (Å²) in [6.45, 7) is 2.13. The first-order valence-electron chi connectivity index (χ1n) is 5.12. The van der Waals surface area contributed by atoms with Gasteiger partial charge < -0.3 is 4.52 Å². The molecule has 1 heterocycles. The maximum Gasteiger partial charge on any atom is 0.150 e. The number of nitrogens with zero attached hydrogens (tertiary/aromatic N) is 1. The van der Waals surface area contributed by atoms with Gasteiger partial charge in [-0.25, -0.2) is 0 Å². The molecule has 0 aliphatic heterocycles. The monoisotopic (exact) mass is 347 g/mol. The molecule has 1 aromatic carbocycles. The van der Waals surface area contributed by atoms with Crippen LogP contribution in [0.3, 0.4) is 0 Å². The minimum atomic E-state index is 0.732. The van der Waals surface area contributed by atoms with Crippen molar-refractivity contribution < 1.29 is 4.52 Å². The average molecular weight is 348 g/mol. The van der Waals surface area contributed by atoms with Gasteiger partial charge in [-0.1, -0.05) is 35.8 Å². The van der Waals surface area contributed by atoms with Crippen LogP contribution in [-0.4, -0.2) is 5.16 Å². The molecule has 0 aliphatic carbocycles. The highest BCUT2D eigenvalue weighted by Gasteiger charge is 2.13. The Morgan fingerprint density at radius 3 is 2.62 bits per heavy atom. The maximum atomic E-state index is 5.85. The van der Waals surface area contributed by atoms with E-state index >= 15 is 0 Å². The van der Waals surface area contributed by atoms with Crippen LogP contribution in [0.2, 0.25) is 5.02 Å². The molecule has 2 nitrogen and oxygen atoms in total. The van der Waals surface area contributed by atoms with Crippen LogP contribution in [0.4, 0.5) is 0 Å². The van der Waals surface area contributed by atoms with Gasteiger partial charge >= 0.3 is 0 Å². The van der Waals surface area contributed by atoms with Crippen molar-refractivity contribution in [2.24, 2.45) is 0 Å². The molecule has 0 aliphatic rings. The Balaban J connectivity index is 2.37. The normalized spacial score (nSPS) is 10.7. The second kappa shape index (κ2) is 5.19. The molecule has 0 amide bonds. The van der Waals surface area contributed by atoms with Crippen LogP contribution in [0.25, 0.3) is 11.3 Å². The number of aryl methyl sites for hydroxylation is 1. The van der Waals surface area contributed by atoms with Crippen LogP contribution in [0.5, 0.6) is 0 Å². The number of rotatable bonds is 3. The molecule has 84 valence electrons. The molecule has 0 fully saturated rings. The molecule has 0 bridgehead atoms. The Bertz CT molecular complexity index is 478. The molecule has 0 N–H and O–H groups in total. The molecule has 0 saturated heterocycles. The molecule has 0 spiro atoms. The third-order valence-electron chi connectivity index (χ3n) is 2.29. The Labute approximate surface area is 113 Å². The van der Waals surface area contributed by atoms with Gasteiger partial charge in [-0.15, -0.1) is 0 Å². The standard InChI is InChI=1S/C12H11ClINO/c1-2-3-10-11(14)12(15-16-10)8-4-6-9(13)7-5-8/h4-7H,2-3H2,1H3. The van der Waals surface area contributed by atoms with Crippen molar-refractivity contribution in [1.82, 2.24) is 5.16 Å². The second-order valence-corrected chi connectivity index (χ2v) is 5.04. The van der Waals surface area contributed by atoms with E-state index in [9.17, 15) is 0 Å². The van der Waals surface area contributed by atoms with Crippen LogP contribution in [0.1, 0.15) is 19.1 Å². The summed E-state index contributed by atoms with van der Waals surface area (Å²) in [6, 6.07) is 7.64. The molecule has 0 unspecified atom stereocenters. The first-order valence-corrected chi connectivity index (χ1v) is 6.58. The van der Waals surface area contributed by atoms with Crippen molar-refractivity contribution in [3.63, 3.8) is 0 Å². The van der Waals surface area contributed by atoms with E-state index in [2.05, 4.69) is 34.7 Å². The van der Waals surface area contributed by atoms with Gasteiger partial charge in [-0.2, -0.15) is 0 Å². The fourth-order valence-electron chi connectivity index (χ4n) is 1.48. The van der Waals surface area contributed by atoms with E-state index in [0.29, 0.717) is 0 Å². The molecular weight excluding hydrogens is 336 g/mol. The van der Waals surface area contributed by atoms with Crippen LogP contribution in [-0.2, 0) is 6.42 Å². The van der Waals surface area contributed by atoms with Gasteiger partial charge in [0.05, 0.1) is 3.57 Å². The highest BCUT2D eigenvalue weighted by molar-refractivity contribution is 14.1. The summed E-state index contributed by atoms with van der Waals surface area (Å²) in [5.74, 6) is 0.966. The van der Waals surface area contributed by atoms with E-state index in [4.69, 9.17) is 16.1 Å². The molecule has 0 saturated carbocycles. The Morgan fingerprint density at radius 2 is 2.00 bits per heavy atom. The topological polar surface area (TPSA) is 26.0 Å². The van der Waals surface area contributed by atoms with E-state index in [0.717, 1.165) is 38.5 Å². The average Bonchev–Trinajstić information content (AvgIpc) is 2.63. The van der Waals surface area contributed by atoms with Crippen LogP contribution < -0.4 is 0 Å². The summed E-state index contributed by atoms with van der Waals surface area (Å²) < 4.78 is 6.43. The summed E-state index contributed by atoms with van der Waals surface area (Å²) in [7, 11) is 0. The number of hydrogen-bond donors (Lipinski definition) is 0. The molecular formula is C12H11ClINO. The number of benzene rings is 1. The zero-order valence-electron chi connectivity index (χ0n) is 8.84. The Kier molecular flexibility index (Phi) is 3.86. The molecule has 4 heteroatoms.